The van der Waals surface area contributed by atoms with Crippen LogP contribution < -0.4 is 5.32 Å². The first-order valence-electron chi connectivity index (χ1n) is 6.08. The normalized spacial score (nSPS) is 10.7. The van der Waals surface area contributed by atoms with Gasteiger partial charge in [0.1, 0.15) is 11.4 Å². The summed E-state index contributed by atoms with van der Waals surface area (Å²) in [4.78, 5) is 0. The average Bonchev–Trinajstić information content (AvgIpc) is 2.77. The average molecular weight is 246 g/mol. The van der Waals surface area contributed by atoms with Crippen molar-refractivity contribution in [1.29, 1.82) is 0 Å². The summed E-state index contributed by atoms with van der Waals surface area (Å²) in [6.45, 7) is 7.12. The number of anilines is 1. The highest BCUT2D eigenvalue weighted by atomic mass is 15.4. The number of aryl methyl sites for hydroxylation is 1. The third kappa shape index (κ3) is 2.18. The van der Waals surface area contributed by atoms with Gasteiger partial charge in [-0.1, -0.05) is 12.1 Å². The maximum atomic E-state index is 4.28. The van der Waals surface area contributed by atoms with E-state index in [9.17, 15) is 0 Å². The summed E-state index contributed by atoms with van der Waals surface area (Å²) in [6.07, 6.45) is 2.77. The molecule has 0 atom stereocenters. The van der Waals surface area contributed by atoms with E-state index in [0.29, 0.717) is 0 Å². The largest absolute Gasteiger partial charge is 0.368 e. The Labute approximate surface area is 106 Å². The lowest BCUT2D eigenvalue weighted by Gasteiger charge is -2.11. The molecule has 2 rings (SSSR count). The Morgan fingerprint density at radius 1 is 1.22 bits per heavy atom. The molecule has 2 aromatic heterocycles. The van der Waals surface area contributed by atoms with Gasteiger partial charge in [0.2, 0.25) is 0 Å². The fourth-order valence-electron chi connectivity index (χ4n) is 1.76. The molecule has 2 heterocycles. The lowest BCUT2D eigenvalue weighted by Crippen LogP contribution is -2.08. The number of nitrogens with one attached hydrogen (secondary N) is 1. The quantitative estimate of drug-likeness (QED) is 0.889. The highest BCUT2D eigenvalue weighted by molar-refractivity contribution is 5.62. The molecule has 2 aromatic rings. The molecular formula is C12H18N6. The molecule has 0 aliphatic rings. The summed E-state index contributed by atoms with van der Waals surface area (Å²) >= 11 is 0. The van der Waals surface area contributed by atoms with Crippen LogP contribution in [0.4, 0.5) is 5.82 Å². The van der Waals surface area contributed by atoms with Gasteiger partial charge in [-0.2, -0.15) is 0 Å². The molecule has 0 bridgehead atoms. The minimum Gasteiger partial charge on any atom is -0.368 e. The van der Waals surface area contributed by atoms with Crippen molar-refractivity contribution in [3.63, 3.8) is 0 Å². The number of hydrogen-bond acceptors (Lipinski definition) is 5. The highest BCUT2D eigenvalue weighted by Crippen LogP contribution is 2.24. The maximum Gasteiger partial charge on any atom is 0.151 e. The molecule has 18 heavy (non-hydrogen) atoms. The summed E-state index contributed by atoms with van der Waals surface area (Å²) in [5.74, 6) is 0.855. The van der Waals surface area contributed by atoms with Crippen LogP contribution in [-0.2, 0) is 7.05 Å². The predicted octanol–water partition coefficient (Wildman–Crippen LogP) is 1.71. The van der Waals surface area contributed by atoms with E-state index in [1.807, 2.05) is 14.0 Å². The van der Waals surface area contributed by atoms with Crippen molar-refractivity contribution in [2.75, 3.05) is 11.9 Å². The molecule has 0 aromatic carbocycles. The van der Waals surface area contributed by atoms with Gasteiger partial charge in [-0.15, -0.1) is 15.3 Å². The van der Waals surface area contributed by atoms with Gasteiger partial charge in [-0.3, -0.25) is 0 Å². The predicted molar refractivity (Wildman–Crippen MR) is 70.3 cm³/mol. The molecule has 1 N–H and O–H groups in total. The van der Waals surface area contributed by atoms with E-state index in [2.05, 4.69) is 39.7 Å². The fraction of sp³-hybridized carbons (Fsp3) is 0.500. The third-order valence-electron chi connectivity index (χ3n) is 3.02. The second-order valence-electron chi connectivity index (χ2n) is 4.32. The standard InChI is InChI=1S/C12H18N6/c1-5-6-13-12-9(3)8(2)11(15-16-12)10-7-14-17-18(10)4/h7H,5-6H2,1-4H3,(H,13,16). The zero-order chi connectivity index (χ0) is 13.1. The van der Waals surface area contributed by atoms with Crippen LogP contribution in [0.2, 0.25) is 0 Å². The Kier molecular flexibility index (Phi) is 3.55. The zero-order valence-corrected chi connectivity index (χ0v) is 11.2. The van der Waals surface area contributed by atoms with Crippen molar-refractivity contribution >= 4 is 5.82 Å². The van der Waals surface area contributed by atoms with Crippen molar-refractivity contribution in [1.82, 2.24) is 25.2 Å². The molecular weight excluding hydrogens is 228 g/mol. The summed E-state index contributed by atoms with van der Waals surface area (Å²) in [5, 5.41) is 19.6. The highest BCUT2D eigenvalue weighted by Gasteiger charge is 2.13. The van der Waals surface area contributed by atoms with Crippen LogP contribution >= 0.6 is 0 Å². The smallest absolute Gasteiger partial charge is 0.151 e. The third-order valence-corrected chi connectivity index (χ3v) is 3.02. The van der Waals surface area contributed by atoms with Crippen LogP contribution in [0, 0.1) is 13.8 Å². The van der Waals surface area contributed by atoms with E-state index in [4.69, 9.17) is 0 Å². The van der Waals surface area contributed by atoms with E-state index in [1.54, 1.807) is 10.9 Å². The monoisotopic (exact) mass is 246 g/mol. The Morgan fingerprint density at radius 3 is 2.61 bits per heavy atom. The molecule has 6 heteroatoms. The summed E-state index contributed by atoms with van der Waals surface area (Å²) < 4.78 is 1.70. The Hall–Kier alpha value is -1.98. The number of hydrogen-bond donors (Lipinski definition) is 1. The topological polar surface area (TPSA) is 68.5 Å². The van der Waals surface area contributed by atoms with E-state index in [0.717, 1.165) is 41.3 Å². The van der Waals surface area contributed by atoms with Crippen molar-refractivity contribution in [3.8, 4) is 11.4 Å². The molecule has 0 radical (unpaired) electrons. The molecule has 0 unspecified atom stereocenters. The van der Waals surface area contributed by atoms with E-state index in [-0.39, 0.29) is 0 Å². The fourth-order valence-corrected chi connectivity index (χ4v) is 1.76. The molecule has 0 saturated carbocycles. The van der Waals surface area contributed by atoms with Gasteiger partial charge in [-0.05, 0) is 31.4 Å². The minimum atomic E-state index is 0.835. The molecule has 96 valence electrons. The molecule has 6 nitrogen and oxygen atoms in total. The molecule has 0 amide bonds. The van der Waals surface area contributed by atoms with E-state index >= 15 is 0 Å². The molecule has 0 saturated heterocycles. The Morgan fingerprint density at radius 2 is 2.00 bits per heavy atom. The van der Waals surface area contributed by atoms with Gasteiger partial charge in [0, 0.05) is 13.6 Å². The van der Waals surface area contributed by atoms with Gasteiger partial charge in [0.05, 0.1) is 6.20 Å². The van der Waals surface area contributed by atoms with Crippen LogP contribution in [0.25, 0.3) is 11.4 Å². The van der Waals surface area contributed by atoms with Crippen molar-refractivity contribution in [2.24, 2.45) is 7.05 Å². The molecule has 0 aliphatic heterocycles. The lowest BCUT2D eigenvalue weighted by atomic mass is 10.1. The van der Waals surface area contributed by atoms with Gasteiger partial charge in [0.15, 0.2) is 5.82 Å². The first kappa shape index (κ1) is 12.5. The first-order chi connectivity index (χ1) is 8.65. The summed E-state index contributed by atoms with van der Waals surface area (Å²) in [6, 6.07) is 0. The van der Waals surface area contributed by atoms with Crippen LogP contribution in [0.15, 0.2) is 6.20 Å². The van der Waals surface area contributed by atoms with E-state index in [1.165, 1.54) is 0 Å². The van der Waals surface area contributed by atoms with Crippen LogP contribution in [-0.4, -0.2) is 31.7 Å². The van der Waals surface area contributed by atoms with Crippen LogP contribution in [0.5, 0.6) is 0 Å². The molecule has 0 fully saturated rings. The maximum absolute atomic E-state index is 4.28. The van der Waals surface area contributed by atoms with Crippen molar-refractivity contribution < 1.29 is 0 Å². The van der Waals surface area contributed by atoms with Crippen LogP contribution in [0.3, 0.4) is 0 Å². The number of aromatic nitrogens is 5. The molecule has 0 spiro atoms. The van der Waals surface area contributed by atoms with Crippen molar-refractivity contribution in [3.05, 3.63) is 17.3 Å². The van der Waals surface area contributed by atoms with Gasteiger partial charge >= 0.3 is 0 Å². The number of nitrogens with zero attached hydrogens (tertiary/aromatic N) is 5. The van der Waals surface area contributed by atoms with Crippen LogP contribution in [0.1, 0.15) is 24.5 Å². The molecule has 0 aliphatic carbocycles. The summed E-state index contributed by atoms with van der Waals surface area (Å²) in [7, 11) is 1.85. The summed E-state index contributed by atoms with van der Waals surface area (Å²) in [5.41, 5.74) is 3.94. The number of rotatable bonds is 4. The second kappa shape index (κ2) is 5.12. The SMILES string of the molecule is CCCNc1nnc(-c2cnnn2C)c(C)c1C. The van der Waals surface area contributed by atoms with Gasteiger partial charge in [0.25, 0.3) is 0 Å². The van der Waals surface area contributed by atoms with Gasteiger partial charge in [-0.25, -0.2) is 4.68 Å². The Bertz CT molecular complexity index is 545. The minimum absolute atomic E-state index is 0.835. The van der Waals surface area contributed by atoms with Gasteiger partial charge < -0.3 is 5.32 Å². The Balaban J connectivity index is 2.41. The second-order valence-corrected chi connectivity index (χ2v) is 4.32. The first-order valence-corrected chi connectivity index (χ1v) is 6.08. The lowest BCUT2D eigenvalue weighted by molar-refractivity contribution is 0.717. The van der Waals surface area contributed by atoms with Crippen molar-refractivity contribution in [2.45, 2.75) is 27.2 Å². The zero-order valence-electron chi connectivity index (χ0n) is 11.2. The van der Waals surface area contributed by atoms with E-state index < -0.39 is 0 Å².